The smallest absolute Gasteiger partial charge is 0.162 e. The fourth-order valence-electron chi connectivity index (χ4n) is 2.22. The molecule has 0 atom stereocenters. The number of benzene rings is 1. The van der Waals surface area contributed by atoms with Gasteiger partial charge < -0.3 is 14.8 Å². The number of thioether (sulfide) groups is 1. The highest BCUT2D eigenvalue weighted by Crippen LogP contribution is 2.36. The summed E-state index contributed by atoms with van der Waals surface area (Å²) in [6.45, 7) is 2.01. The van der Waals surface area contributed by atoms with Gasteiger partial charge in [-0.05, 0) is 23.6 Å². The summed E-state index contributed by atoms with van der Waals surface area (Å²) in [6, 6.07) is 5.98. The lowest BCUT2D eigenvalue weighted by molar-refractivity contribution is 0.172. The number of anilines is 1. The molecule has 0 aliphatic carbocycles. The van der Waals surface area contributed by atoms with E-state index in [0.717, 1.165) is 46.1 Å². The first-order valence-electron chi connectivity index (χ1n) is 6.82. The number of rotatable bonds is 5. The molecular formula is C16H16N2O2S. The predicted octanol–water partition coefficient (Wildman–Crippen LogP) is 2.78. The zero-order chi connectivity index (χ0) is 14.5. The Morgan fingerprint density at radius 1 is 1.29 bits per heavy atom. The Bertz CT molecular complexity index is 682. The molecule has 4 nitrogen and oxygen atoms in total. The number of ether oxygens (including phenoxy) is 2. The van der Waals surface area contributed by atoms with E-state index < -0.39 is 0 Å². The van der Waals surface area contributed by atoms with Crippen molar-refractivity contribution >= 4 is 28.4 Å². The molecule has 1 aliphatic rings. The van der Waals surface area contributed by atoms with E-state index in [0.29, 0.717) is 13.2 Å². The van der Waals surface area contributed by atoms with Crippen LogP contribution in [0.15, 0.2) is 24.4 Å². The van der Waals surface area contributed by atoms with Crippen molar-refractivity contribution in [1.29, 1.82) is 0 Å². The fourth-order valence-corrected chi connectivity index (χ4v) is 2.73. The molecule has 0 amide bonds. The third-order valence-corrected chi connectivity index (χ3v) is 4.02. The van der Waals surface area contributed by atoms with Crippen LogP contribution in [-0.2, 0) is 0 Å². The number of pyridine rings is 1. The van der Waals surface area contributed by atoms with Crippen molar-refractivity contribution in [2.24, 2.45) is 0 Å². The monoisotopic (exact) mass is 300 g/mol. The van der Waals surface area contributed by atoms with Crippen molar-refractivity contribution in [1.82, 2.24) is 4.98 Å². The minimum atomic E-state index is 0.588. The molecule has 0 spiro atoms. The van der Waals surface area contributed by atoms with E-state index in [9.17, 15) is 0 Å². The van der Waals surface area contributed by atoms with E-state index in [1.165, 1.54) is 0 Å². The van der Waals surface area contributed by atoms with Crippen LogP contribution in [0.2, 0.25) is 0 Å². The Kier molecular flexibility index (Phi) is 4.37. The lowest BCUT2D eigenvalue weighted by atomic mass is 10.1. The van der Waals surface area contributed by atoms with Gasteiger partial charge in [0.2, 0.25) is 0 Å². The van der Waals surface area contributed by atoms with Crippen LogP contribution >= 0.6 is 11.8 Å². The van der Waals surface area contributed by atoms with Crippen LogP contribution in [-0.4, -0.2) is 36.2 Å². The van der Waals surface area contributed by atoms with Crippen LogP contribution in [0.3, 0.4) is 0 Å². The quantitative estimate of drug-likeness (QED) is 0.679. The lowest BCUT2D eigenvalue weighted by Gasteiger charge is -2.19. The van der Waals surface area contributed by atoms with Gasteiger partial charge in [0.15, 0.2) is 11.5 Å². The summed E-state index contributed by atoms with van der Waals surface area (Å²) in [4.78, 5) is 4.42. The van der Waals surface area contributed by atoms with E-state index in [1.54, 1.807) is 18.0 Å². The molecule has 0 unspecified atom stereocenters. The summed E-state index contributed by atoms with van der Waals surface area (Å²) in [5, 5.41) is 5.49. The van der Waals surface area contributed by atoms with Gasteiger partial charge in [-0.3, -0.25) is 0 Å². The second kappa shape index (κ2) is 6.59. The average molecular weight is 300 g/mol. The Balaban J connectivity index is 1.80. The van der Waals surface area contributed by atoms with E-state index in [1.807, 2.05) is 18.2 Å². The standard InChI is InChI=1S/C16H16N2O2S/c1-2-8-21-9-5-18-16-13-11-15-14(19-6-7-20-15)10-12(13)3-4-17-16/h1,3-4,10-11H,5-9H2,(H,17,18). The van der Waals surface area contributed by atoms with Gasteiger partial charge in [-0.15, -0.1) is 18.2 Å². The Morgan fingerprint density at radius 2 is 2.10 bits per heavy atom. The topological polar surface area (TPSA) is 43.4 Å². The van der Waals surface area contributed by atoms with Crippen molar-refractivity contribution in [3.63, 3.8) is 0 Å². The van der Waals surface area contributed by atoms with Crippen molar-refractivity contribution in [2.45, 2.75) is 0 Å². The van der Waals surface area contributed by atoms with Gasteiger partial charge in [0, 0.05) is 23.9 Å². The summed E-state index contributed by atoms with van der Waals surface area (Å²) >= 11 is 1.73. The highest BCUT2D eigenvalue weighted by molar-refractivity contribution is 7.99. The molecule has 0 bridgehead atoms. The van der Waals surface area contributed by atoms with Crippen LogP contribution in [0.25, 0.3) is 10.8 Å². The van der Waals surface area contributed by atoms with Gasteiger partial charge in [0.1, 0.15) is 19.0 Å². The number of nitrogens with zero attached hydrogens (tertiary/aromatic N) is 1. The van der Waals surface area contributed by atoms with E-state index in [2.05, 4.69) is 16.2 Å². The molecule has 1 N–H and O–H groups in total. The van der Waals surface area contributed by atoms with Gasteiger partial charge in [0.25, 0.3) is 0 Å². The molecule has 0 fully saturated rings. The normalized spacial score (nSPS) is 12.9. The van der Waals surface area contributed by atoms with E-state index in [-0.39, 0.29) is 0 Å². The van der Waals surface area contributed by atoms with Crippen LogP contribution in [0.1, 0.15) is 0 Å². The van der Waals surface area contributed by atoms with Crippen LogP contribution in [0.4, 0.5) is 5.82 Å². The average Bonchev–Trinajstić information content (AvgIpc) is 2.53. The maximum atomic E-state index is 5.64. The Labute approximate surface area is 128 Å². The number of nitrogens with one attached hydrogen (secondary N) is 1. The van der Waals surface area contributed by atoms with Gasteiger partial charge in [0.05, 0.1) is 5.75 Å². The number of aromatic nitrogens is 1. The molecule has 1 aromatic heterocycles. The highest BCUT2D eigenvalue weighted by atomic mass is 32.2. The molecule has 2 aromatic rings. The first kappa shape index (κ1) is 13.9. The predicted molar refractivity (Wildman–Crippen MR) is 87.4 cm³/mol. The second-order valence-electron chi connectivity index (χ2n) is 4.56. The minimum Gasteiger partial charge on any atom is -0.486 e. The summed E-state index contributed by atoms with van der Waals surface area (Å²) in [6.07, 6.45) is 7.03. The second-order valence-corrected chi connectivity index (χ2v) is 5.67. The van der Waals surface area contributed by atoms with Crippen molar-refractivity contribution in [3.8, 4) is 23.8 Å². The SMILES string of the molecule is C#CCSCCNc1nccc2cc3c(cc12)OCCO3. The largest absolute Gasteiger partial charge is 0.486 e. The summed E-state index contributed by atoms with van der Waals surface area (Å²) in [7, 11) is 0. The summed E-state index contributed by atoms with van der Waals surface area (Å²) < 4.78 is 11.2. The van der Waals surface area contributed by atoms with Crippen molar-refractivity contribution in [3.05, 3.63) is 24.4 Å². The third kappa shape index (κ3) is 3.17. The Hall–Kier alpha value is -2.06. The molecule has 2 heterocycles. The zero-order valence-corrected chi connectivity index (χ0v) is 12.4. The summed E-state index contributed by atoms with van der Waals surface area (Å²) in [5.74, 6) is 6.76. The maximum absolute atomic E-state index is 5.64. The van der Waals surface area contributed by atoms with E-state index >= 15 is 0 Å². The molecule has 1 aliphatic heterocycles. The molecule has 5 heteroatoms. The molecule has 0 saturated heterocycles. The number of hydrogen-bond donors (Lipinski definition) is 1. The highest BCUT2D eigenvalue weighted by Gasteiger charge is 2.14. The number of fused-ring (bicyclic) bond motifs is 2. The van der Waals surface area contributed by atoms with Crippen LogP contribution in [0.5, 0.6) is 11.5 Å². The molecule has 0 saturated carbocycles. The lowest BCUT2D eigenvalue weighted by Crippen LogP contribution is -2.15. The molecular weight excluding hydrogens is 284 g/mol. The van der Waals surface area contributed by atoms with Crippen molar-refractivity contribution < 1.29 is 9.47 Å². The molecule has 1 aromatic carbocycles. The number of terminal acetylenes is 1. The minimum absolute atomic E-state index is 0.588. The first-order valence-corrected chi connectivity index (χ1v) is 7.97. The third-order valence-electron chi connectivity index (χ3n) is 3.15. The maximum Gasteiger partial charge on any atom is 0.162 e. The van der Waals surface area contributed by atoms with Crippen LogP contribution < -0.4 is 14.8 Å². The number of hydrogen-bond acceptors (Lipinski definition) is 5. The Morgan fingerprint density at radius 3 is 2.90 bits per heavy atom. The van der Waals surface area contributed by atoms with Crippen molar-refractivity contribution in [2.75, 3.05) is 36.6 Å². The van der Waals surface area contributed by atoms with Gasteiger partial charge in [-0.25, -0.2) is 4.98 Å². The zero-order valence-electron chi connectivity index (χ0n) is 11.6. The first-order chi connectivity index (χ1) is 10.4. The molecule has 0 radical (unpaired) electrons. The van der Waals surface area contributed by atoms with Gasteiger partial charge in [-0.1, -0.05) is 5.92 Å². The summed E-state index contributed by atoms with van der Waals surface area (Å²) in [5.41, 5.74) is 0. The molecule has 3 rings (SSSR count). The van der Waals surface area contributed by atoms with Gasteiger partial charge >= 0.3 is 0 Å². The van der Waals surface area contributed by atoms with Gasteiger partial charge in [-0.2, -0.15) is 0 Å². The molecule has 108 valence electrons. The fraction of sp³-hybridized carbons (Fsp3) is 0.312. The molecule has 21 heavy (non-hydrogen) atoms. The van der Waals surface area contributed by atoms with Crippen LogP contribution in [0, 0.1) is 12.3 Å². The van der Waals surface area contributed by atoms with E-state index in [4.69, 9.17) is 15.9 Å².